The average molecular weight is 305 g/mol. The summed E-state index contributed by atoms with van der Waals surface area (Å²) < 4.78 is 10.5. The molecule has 3 rings (SSSR count). The number of hydrogen-bond acceptors (Lipinski definition) is 5. The van der Waals surface area contributed by atoms with Crippen molar-refractivity contribution in [1.29, 1.82) is 0 Å². The lowest BCUT2D eigenvalue weighted by Gasteiger charge is -2.32. The fourth-order valence-electron chi connectivity index (χ4n) is 3.46. The molecule has 0 spiro atoms. The summed E-state index contributed by atoms with van der Waals surface area (Å²) in [5, 5.41) is 4.07. The highest BCUT2D eigenvalue weighted by Crippen LogP contribution is 2.27. The van der Waals surface area contributed by atoms with Gasteiger partial charge in [0.05, 0.1) is 12.5 Å². The Morgan fingerprint density at radius 2 is 2.32 bits per heavy atom. The summed E-state index contributed by atoms with van der Waals surface area (Å²) in [5.41, 5.74) is 1.62. The van der Waals surface area contributed by atoms with Crippen molar-refractivity contribution in [2.24, 2.45) is 0 Å². The van der Waals surface area contributed by atoms with E-state index in [1.165, 1.54) is 38.6 Å². The van der Waals surface area contributed by atoms with Gasteiger partial charge in [-0.1, -0.05) is 16.8 Å². The molecule has 1 atom stereocenters. The Hall–Kier alpha value is -1.20. The van der Waals surface area contributed by atoms with Gasteiger partial charge in [0.15, 0.2) is 5.82 Å². The first kappa shape index (κ1) is 15.7. The predicted octanol–water partition coefficient (Wildman–Crippen LogP) is 2.94. The zero-order valence-electron chi connectivity index (χ0n) is 13.6. The number of likely N-dealkylation sites (tertiary alicyclic amines) is 1. The van der Waals surface area contributed by atoms with Gasteiger partial charge in [0.2, 0.25) is 5.89 Å². The molecule has 0 N–H and O–H groups in total. The van der Waals surface area contributed by atoms with Crippen LogP contribution in [0.1, 0.15) is 56.2 Å². The molecule has 1 fully saturated rings. The van der Waals surface area contributed by atoms with Gasteiger partial charge in [-0.25, -0.2) is 0 Å². The van der Waals surface area contributed by atoms with E-state index in [0.29, 0.717) is 12.5 Å². The SMILES string of the molecule is COCCc1noc([C@H]2CCCN(CC3=CCCCC3)C2)n1. The zero-order valence-corrected chi connectivity index (χ0v) is 13.6. The van der Waals surface area contributed by atoms with Crippen LogP contribution >= 0.6 is 0 Å². The van der Waals surface area contributed by atoms with Crippen molar-refractivity contribution in [3.8, 4) is 0 Å². The maximum Gasteiger partial charge on any atom is 0.231 e. The Morgan fingerprint density at radius 1 is 1.36 bits per heavy atom. The van der Waals surface area contributed by atoms with E-state index in [2.05, 4.69) is 21.1 Å². The highest BCUT2D eigenvalue weighted by atomic mass is 16.5. The molecule has 1 aliphatic heterocycles. The van der Waals surface area contributed by atoms with E-state index >= 15 is 0 Å². The van der Waals surface area contributed by atoms with Gasteiger partial charge in [-0.05, 0) is 45.1 Å². The predicted molar refractivity (Wildman–Crippen MR) is 84.8 cm³/mol. The molecule has 1 aromatic rings. The smallest absolute Gasteiger partial charge is 0.231 e. The molecule has 2 aliphatic rings. The third-order valence-corrected chi connectivity index (χ3v) is 4.68. The number of aromatic nitrogens is 2. The van der Waals surface area contributed by atoms with Crippen LogP contribution in [0.4, 0.5) is 0 Å². The molecule has 0 unspecified atom stereocenters. The summed E-state index contributed by atoms with van der Waals surface area (Å²) in [7, 11) is 1.69. The van der Waals surface area contributed by atoms with Gasteiger partial charge in [-0.2, -0.15) is 4.98 Å². The number of methoxy groups -OCH3 is 1. The molecule has 0 saturated carbocycles. The van der Waals surface area contributed by atoms with Gasteiger partial charge >= 0.3 is 0 Å². The van der Waals surface area contributed by atoms with Crippen molar-refractivity contribution in [3.05, 3.63) is 23.4 Å². The van der Waals surface area contributed by atoms with Crippen LogP contribution < -0.4 is 0 Å². The molecule has 1 aromatic heterocycles. The van der Waals surface area contributed by atoms with Crippen molar-refractivity contribution in [3.63, 3.8) is 0 Å². The first-order valence-electron chi connectivity index (χ1n) is 8.57. The largest absolute Gasteiger partial charge is 0.384 e. The third kappa shape index (κ3) is 4.17. The molecule has 122 valence electrons. The Balaban J connectivity index is 1.55. The van der Waals surface area contributed by atoms with Crippen molar-refractivity contribution in [2.45, 2.75) is 50.9 Å². The van der Waals surface area contributed by atoms with E-state index in [-0.39, 0.29) is 0 Å². The number of hydrogen-bond donors (Lipinski definition) is 0. The van der Waals surface area contributed by atoms with Gasteiger partial charge in [0.1, 0.15) is 0 Å². The van der Waals surface area contributed by atoms with Crippen LogP contribution in [0.15, 0.2) is 16.2 Å². The van der Waals surface area contributed by atoms with Crippen molar-refractivity contribution < 1.29 is 9.26 Å². The lowest BCUT2D eigenvalue weighted by atomic mass is 9.95. The fourth-order valence-corrected chi connectivity index (χ4v) is 3.46. The van der Waals surface area contributed by atoms with E-state index in [1.54, 1.807) is 12.7 Å². The van der Waals surface area contributed by atoms with Crippen LogP contribution in [0.5, 0.6) is 0 Å². The molecule has 5 nitrogen and oxygen atoms in total. The second-order valence-electron chi connectivity index (χ2n) is 6.47. The van der Waals surface area contributed by atoms with Crippen LogP contribution in [-0.4, -0.2) is 48.4 Å². The molecular formula is C17H27N3O2. The van der Waals surface area contributed by atoms with Crippen molar-refractivity contribution in [2.75, 3.05) is 33.4 Å². The minimum absolute atomic E-state index is 0.390. The van der Waals surface area contributed by atoms with E-state index in [1.807, 2.05) is 0 Å². The van der Waals surface area contributed by atoms with Gasteiger partial charge in [-0.15, -0.1) is 0 Å². The van der Waals surface area contributed by atoms with E-state index < -0.39 is 0 Å². The first-order valence-corrected chi connectivity index (χ1v) is 8.57. The molecule has 0 bridgehead atoms. The van der Waals surface area contributed by atoms with Crippen LogP contribution in [-0.2, 0) is 11.2 Å². The normalized spacial score (nSPS) is 23.5. The lowest BCUT2D eigenvalue weighted by molar-refractivity contribution is 0.195. The summed E-state index contributed by atoms with van der Waals surface area (Å²) >= 11 is 0. The lowest BCUT2D eigenvalue weighted by Crippen LogP contribution is -2.36. The van der Waals surface area contributed by atoms with Gasteiger partial charge in [-0.3, -0.25) is 4.90 Å². The molecule has 5 heteroatoms. The first-order chi connectivity index (χ1) is 10.8. The summed E-state index contributed by atoms with van der Waals surface area (Å²) in [6.45, 7) is 4.01. The van der Waals surface area contributed by atoms with Crippen LogP contribution in [0.25, 0.3) is 0 Å². The maximum absolute atomic E-state index is 5.48. The van der Waals surface area contributed by atoms with Crippen LogP contribution in [0.3, 0.4) is 0 Å². The molecule has 1 aliphatic carbocycles. The molecule has 2 heterocycles. The maximum atomic E-state index is 5.48. The number of rotatable bonds is 6. The highest BCUT2D eigenvalue weighted by molar-refractivity contribution is 5.08. The van der Waals surface area contributed by atoms with E-state index in [9.17, 15) is 0 Å². The summed E-state index contributed by atoms with van der Waals surface area (Å²) in [6, 6.07) is 0. The second kappa shape index (κ2) is 7.88. The minimum atomic E-state index is 0.390. The van der Waals surface area contributed by atoms with Gasteiger partial charge in [0.25, 0.3) is 0 Å². The third-order valence-electron chi connectivity index (χ3n) is 4.68. The quantitative estimate of drug-likeness (QED) is 0.756. The molecule has 0 radical (unpaired) electrons. The van der Waals surface area contributed by atoms with Crippen molar-refractivity contribution >= 4 is 0 Å². The number of ether oxygens (including phenoxy) is 1. The average Bonchev–Trinajstić information content (AvgIpc) is 3.03. The zero-order chi connectivity index (χ0) is 15.2. The molecule has 22 heavy (non-hydrogen) atoms. The number of nitrogens with zero attached hydrogens (tertiary/aromatic N) is 3. The number of allylic oxidation sites excluding steroid dienone is 1. The monoisotopic (exact) mass is 305 g/mol. The molecule has 1 saturated heterocycles. The topological polar surface area (TPSA) is 51.4 Å². The Labute approximate surface area is 132 Å². The summed E-state index contributed by atoms with van der Waals surface area (Å²) in [4.78, 5) is 7.11. The van der Waals surface area contributed by atoms with E-state index in [0.717, 1.165) is 37.6 Å². The molecule has 0 aromatic carbocycles. The Morgan fingerprint density at radius 3 is 3.14 bits per heavy atom. The standard InChI is InChI=1S/C17H27N3O2/c1-21-11-9-16-18-17(22-19-16)15-8-5-10-20(13-15)12-14-6-3-2-4-7-14/h6,15H,2-5,7-13H2,1H3/t15-/m0/s1. The Bertz CT molecular complexity index is 498. The van der Waals surface area contributed by atoms with Gasteiger partial charge in [0, 0.05) is 26.6 Å². The summed E-state index contributed by atoms with van der Waals surface area (Å²) in [6.07, 6.45) is 10.8. The van der Waals surface area contributed by atoms with E-state index in [4.69, 9.17) is 9.26 Å². The summed E-state index contributed by atoms with van der Waals surface area (Å²) in [5.74, 6) is 1.97. The van der Waals surface area contributed by atoms with Gasteiger partial charge < -0.3 is 9.26 Å². The minimum Gasteiger partial charge on any atom is -0.384 e. The van der Waals surface area contributed by atoms with Crippen molar-refractivity contribution in [1.82, 2.24) is 15.0 Å². The van der Waals surface area contributed by atoms with Crippen LogP contribution in [0.2, 0.25) is 0 Å². The molecular weight excluding hydrogens is 278 g/mol. The number of piperidine rings is 1. The van der Waals surface area contributed by atoms with Crippen LogP contribution in [0, 0.1) is 0 Å². The fraction of sp³-hybridized carbons (Fsp3) is 0.765. The highest BCUT2D eigenvalue weighted by Gasteiger charge is 2.26. The Kier molecular flexibility index (Phi) is 5.62. The molecule has 0 amide bonds. The second-order valence-corrected chi connectivity index (χ2v) is 6.47.